The highest BCUT2D eigenvalue weighted by atomic mass is 15.1. The lowest BCUT2D eigenvalue weighted by Gasteiger charge is -2.11. The van der Waals surface area contributed by atoms with E-state index in [1.165, 1.54) is 27.1 Å². The second-order valence-corrected chi connectivity index (χ2v) is 11.0. The average molecular weight is 567 g/mol. The minimum Gasteiger partial charge on any atom is -0.321 e. The molecule has 0 aliphatic rings. The van der Waals surface area contributed by atoms with Gasteiger partial charge in [-0.1, -0.05) is 127 Å². The summed E-state index contributed by atoms with van der Waals surface area (Å²) in [5, 5.41) is 4.80. The van der Waals surface area contributed by atoms with E-state index in [-0.39, 0.29) is 6.04 Å². The Morgan fingerprint density at radius 2 is 1.09 bits per heavy atom. The fourth-order valence-electron chi connectivity index (χ4n) is 6.38. The van der Waals surface area contributed by atoms with Crippen molar-refractivity contribution in [3.63, 3.8) is 0 Å². The lowest BCUT2D eigenvalue weighted by molar-refractivity contribution is 0.911. The van der Waals surface area contributed by atoms with Crippen molar-refractivity contribution >= 4 is 55.6 Å². The molecular formula is C40H30N4. The van der Waals surface area contributed by atoms with Gasteiger partial charge in [0.25, 0.3) is 0 Å². The highest BCUT2D eigenvalue weighted by molar-refractivity contribution is 6.24. The van der Waals surface area contributed by atoms with Gasteiger partial charge in [0.05, 0.1) is 33.8 Å². The molecule has 8 aromatic rings. The molecule has 0 saturated heterocycles. The molecule has 0 aliphatic heterocycles. The first-order valence-corrected chi connectivity index (χ1v) is 14.9. The second-order valence-electron chi connectivity index (χ2n) is 11.0. The Bertz CT molecular complexity index is 2330. The van der Waals surface area contributed by atoms with E-state index in [4.69, 9.17) is 10.7 Å². The van der Waals surface area contributed by atoms with E-state index in [1.54, 1.807) is 0 Å². The molecule has 2 heterocycles. The monoisotopic (exact) mass is 566 g/mol. The molecule has 0 aliphatic carbocycles. The molecule has 1 unspecified atom stereocenters. The Kier molecular flexibility index (Phi) is 6.40. The van der Waals surface area contributed by atoms with Crippen LogP contribution < -0.4 is 5.73 Å². The Labute approximate surface area is 255 Å². The molecule has 0 bridgehead atoms. The molecule has 2 aromatic heterocycles. The van der Waals surface area contributed by atoms with Gasteiger partial charge in [-0.05, 0) is 41.5 Å². The molecule has 210 valence electrons. The van der Waals surface area contributed by atoms with Gasteiger partial charge in [-0.25, -0.2) is 4.99 Å². The predicted octanol–water partition coefficient (Wildman–Crippen LogP) is 9.51. The SMILES string of the molecule is NC(/C=C(\N=C\n1c2ccccc2c2ccc3c4ccccc4n(-c4ccccc4)c3c21)c1ccccc1)c1ccccc1. The summed E-state index contributed by atoms with van der Waals surface area (Å²) in [4.78, 5) is 5.18. The molecule has 0 amide bonds. The minimum absolute atomic E-state index is 0.297. The lowest BCUT2D eigenvalue weighted by Crippen LogP contribution is -2.07. The van der Waals surface area contributed by atoms with Crippen molar-refractivity contribution in [1.29, 1.82) is 0 Å². The van der Waals surface area contributed by atoms with Crippen LogP contribution in [0.3, 0.4) is 0 Å². The second kappa shape index (κ2) is 10.8. The zero-order chi connectivity index (χ0) is 29.5. The molecule has 0 spiro atoms. The van der Waals surface area contributed by atoms with Gasteiger partial charge >= 0.3 is 0 Å². The Morgan fingerprint density at radius 3 is 1.80 bits per heavy atom. The maximum Gasteiger partial charge on any atom is 0.100 e. The highest BCUT2D eigenvalue weighted by Crippen LogP contribution is 2.40. The zero-order valence-electron chi connectivity index (χ0n) is 24.1. The smallest absolute Gasteiger partial charge is 0.100 e. The van der Waals surface area contributed by atoms with Crippen LogP contribution in [0, 0.1) is 0 Å². The normalized spacial score (nSPS) is 13.1. The summed E-state index contributed by atoms with van der Waals surface area (Å²) in [6, 6.07) is 52.5. The van der Waals surface area contributed by atoms with Crippen LogP contribution in [0.2, 0.25) is 0 Å². The molecule has 0 fully saturated rings. The number of para-hydroxylation sites is 3. The summed E-state index contributed by atoms with van der Waals surface area (Å²) in [5.41, 5.74) is 15.3. The standard InChI is InChI=1S/C40H30N4/c41-35(28-14-4-1-5-15-28)26-36(29-16-6-2-7-17-29)42-27-43-37-22-12-10-20-31(37)33-24-25-34-32-21-11-13-23-38(32)44(40(34)39(33)43)30-18-8-3-9-19-30/h1-27,35H,41H2/b36-26-,42-27+. The average Bonchev–Trinajstić information content (AvgIpc) is 3.60. The number of benzene rings is 6. The van der Waals surface area contributed by atoms with Crippen molar-refractivity contribution in [2.24, 2.45) is 10.7 Å². The fraction of sp³-hybridized carbons (Fsp3) is 0.0250. The van der Waals surface area contributed by atoms with E-state index in [2.05, 4.69) is 124 Å². The number of nitrogens with two attached hydrogens (primary N) is 1. The quantitative estimate of drug-likeness (QED) is 0.158. The number of hydrogen-bond acceptors (Lipinski definition) is 2. The molecule has 44 heavy (non-hydrogen) atoms. The van der Waals surface area contributed by atoms with Crippen molar-refractivity contribution < 1.29 is 0 Å². The van der Waals surface area contributed by atoms with Crippen molar-refractivity contribution in [3.8, 4) is 5.69 Å². The van der Waals surface area contributed by atoms with Crippen LogP contribution in [0.25, 0.3) is 55.0 Å². The molecular weight excluding hydrogens is 536 g/mol. The first-order chi connectivity index (χ1) is 21.8. The number of rotatable bonds is 6. The van der Waals surface area contributed by atoms with E-state index >= 15 is 0 Å². The van der Waals surface area contributed by atoms with Crippen LogP contribution in [0.1, 0.15) is 17.2 Å². The van der Waals surface area contributed by atoms with E-state index in [1.807, 2.05) is 48.8 Å². The Morgan fingerprint density at radius 1 is 0.545 bits per heavy atom. The molecule has 8 rings (SSSR count). The van der Waals surface area contributed by atoms with Crippen molar-refractivity contribution in [3.05, 3.63) is 169 Å². The molecule has 0 saturated carbocycles. The van der Waals surface area contributed by atoms with E-state index in [9.17, 15) is 0 Å². The number of fused-ring (bicyclic) bond motifs is 7. The third-order valence-electron chi connectivity index (χ3n) is 8.42. The van der Waals surface area contributed by atoms with Crippen molar-refractivity contribution in [2.45, 2.75) is 6.04 Å². The maximum atomic E-state index is 6.70. The van der Waals surface area contributed by atoms with Gasteiger partial charge in [-0.15, -0.1) is 0 Å². The summed E-state index contributed by atoms with van der Waals surface area (Å²) in [5.74, 6) is 0. The van der Waals surface area contributed by atoms with Gasteiger partial charge in [-0.3, -0.25) is 4.57 Å². The number of hydrogen-bond donors (Lipinski definition) is 1. The maximum absolute atomic E-state index is 6.70. The van der Waals surface area contributed by atoms with Crippen molar-refractivity contribution in [2.75, 3.05) is 0 Å². The van der Waals surface area contributed by atoms with Crippen LogP contribution in [-0.4, -0.2) is 15.5 Å². The van der Waals surface area contributed by atoms with Gasteiger partial charge in [0.1, 0.15) is 6.34 Å². The number of nitrogens with zero attached hydrogens (tertiary/aromatic N) is 3. The largest absolute Gasteiger partial charge is 0.321 e. The van der Waals surface area contributed by atoms with Crippen molar-refractivity contribution in [1.82, 2.24) is 9.13 Å². The van der Waals surface area contributed by atoms with Crippen LogP contribution in [0.15, 0.2) is 163 Å². The Hall–Kier alpha value is -5.71. The summed E-state index contributed by atoms with van der Waals surface area (Å²) >= 11 is 0. The lowest BCUT2D eigenvalue weighted by atomic mass is 10.0. The third kappa shape index (κ3) is 4.32. The summed E-state index contributed by atoms with van der Waals surface area (Å²) in [7, 11) is 0. The van der Waals surface area contributed by atoms with E-state index in [0.717, 1.165) is 39.1 Å². The topological polar surface area (TPSA) is 48.2 Å². The summed E-state index contributed by atoms with van der Waals surface area (Å²) in [6.07, 6.45) is 4.01. The van der Waals surface area contributed by atoms with Gasteiger partial charge in [0, 0.05) is 27.2 Å². The van der Waals surface area contributed by atoms with Gasteiger partial charge < -0.3 is 10.3 Å². The third-order valence-corrected chi connectivity index (χ3v) is 8.42. The van der Waals surface area contributed by atoms with Gasteiger partial charge in [0.2, 0.25) is 0 Å². The molecule has 4 heteroatoms. The first-order valence-electron chi connectivity index (χ1n) is 14.9. The van der Waals surface area contributed by atoms with Crippen LogP contribution in [0.5, 0.6) is 0 Å². The van der Waals surface area contributed by atoms with Crippen LogP contribution in [0.4, 0.5) is 0 Å². The number of aromatic nitrogens is 2. The summed E-state index contributed by atoms with van der Waals surface area (Å²) < 4.78 is 4.63. The molecule has 2 N–H and O–H groups in total. The first kappa shape index (κ1) is 26.0. The highest BCUT2D eigenvalue weighted by Gasteiger charge is 2.19. The zero-order valence-corrected chi connectivity index (χ0v) is 24.1. The van der Waals surface area contributed by atoms with E-state index < -0.39 is 0 Å². The summed E-state index contributed by atoms with van der Waals surface area (Å²) in [6.45, 7) is 0. The van der Waals surface area contributed by atoms with Crippen LogP contribution in [-0.2, 0) is 0 Å². The predicted molar refractivity (Wildman–Crippen MR) is 185 cm³/mol. The number of aliphatic imine (C=N–C) groups is 1. The molecule has 4 nitrogen and oxygen atoms in total. The van der Waals surface area contributed by atoms with Gasteiger partial charge in [0.15, 0.2) is 0 Å². The van der Waals surface area contributed by atoms with E-state index in [0.29, 0.717) is 0 Å². The van der Waals surface area contributed by atoms with Crippen LogP contribution >= 0.6 is 0 Å². The molecule has 6 aromatic carbocycles. The minimum atomic E-state index is -0.297. The Balaban J connectivity index is 1.43. The fourth-order valence-corrected chi connectivity index (χ4v) is 6.38. The molecule has 0 radical (unpaired) electrons. The molecule has 1 atom stereocenters. The van der Waals surface area contributed by atoms with Gasteiger partial charge in [-0.2, -0.15) is 0 Å².